The number of rotatable bonds is 2. The maximum atomic E-state index is 6.35. The van der Waals surface area contributed by atoms with Gasteiger partial charge in [0.05, 0.1) is 4.20 Å². The van der Waals surface area contributed by atoms with E-state index in [4.69, 9.17) is 23.8 Å². The van der Waals surface area contributed by atoms with E-state index in [1.807, 2.05) is 12.1 Å². The van der Waals surface area contributed by atoms with Gasteiger partial charge < -0.3 is 4.90 Å². The first kappa shape index (κ1) is 14.4. The van der Waals surface area contributed by atoms with E-state index < -0.39 is 0 Å². The maximum Gasteiger partial charge on any atom is 0.0729 e. The SMILES string of the molecule is S=C1C=C(N2CCCCC2)C[C@@H](c2ccccc2Cl)S1. The second kappa shape index (κ2) is 6.50. The molecule has 0 aliphatic carbocycles. The summed E-state index contributed by atoms with van der Waals surface area (Å²) in [5.41, 5.74) is 2.61. The molecule has 20 heavy (non-hydrogen) atoms. The number of likely N-dealkylation sites (tertiary alicyclic amines) is 1. The van der Waals surface area contributed by atoms with Crippen LogP contribution in [0.2, 0.25) is 5.02 Å². The summed E-state index contributed by atoms with van der Waals surface area (Å²) in [5.74, 6) is 0. The first-order valence-electron chi connectivity index (χ1n) is 7.14. The fourth-order valence-electron chi connectivity index (χ4n) is 2.91. The second-order valence-electron chi connectivity index (χ2n) is 5.33. The lowest BCUT2D eigenvalue weighted by molar-refractivity contribution is 0.276. The first-order valence-corrected chi connectivity index (χ1v) is 8.81. The molecule has 0 amide bonds. The molecule has 0 unspecified atom stereocenters. The number of thioether (sulfide) groups is 1. The smallest absolute Gasteiger partial charge is 0.0729 e. The quantitative estimate of drug-likeness (QED) is 0.687. The van der Waals surface area contributed by atoms with Crippen molar-refractivity contribution in [3.8, 4) is 0 Å². The summed E-state index contributed by atoms with van der Waals surface area (Å²) >= 11 is 13.6. The summed E-state index contributed by atoms with van der Waals surface area (Å²) in [7, 11) is 0. The number of hydrogen-bond donors (Lipinski definition) is 0. The van der Waals surface area contributed by atoms with Gasteiger partial charge in [0, 0.05) is 35.5 Å². The van der Waals surface area contributed by atoms with Crippen LogP contribution in [0, 0.1) is 0 Å². The van der Waals surface area contributed by atoms with Crippen LogP contribution >= 0.6 is 35.6 Å². The minimum atomic E-state index is 0.359. The predicted molar refractivity (Wildman–Crippen MR) is 92.5 cm³/mol. The number of benzene rings is 1. The number of hydrogen-bond acceptors (Lipinski definition) is 3. The molecule has 1 saturated heterocycles. The lowest BCUT2D eigenvalue weighted by Gasteiger charge is -2.35. The Bertz CT molecular complexity index is 535. The Kier molecular flexibility index (Phi) is 4.69. The van der Waals surface area contributed by atoms with Crippen LogP contribution in [0.5, 0.6) is 0 Å². The third-order valence-corrected chi connectivity index (χ3v) is 5.76. The number of halogens is 1. The molecule has 0 saturated carbocycles. The summed E-state index contributed by atoms with van der Waals surface area (Å²) in [6, 6.07) is 8.14. The van der Waals surface area contributed by atoms with Gasteiger partial charge in [0.1, 0.15) is 0 Å². The number of allylic oxidation sites excluding steroid dienone is 1. The van der Waals surface area contributed by atoms with E-state index in [1.165, 1.54) is 43.6 Å². The molecule has 0 spiro atoms. The van der Waals surface area contributed by atoms with Crippen molar-refractivity contribution in [3.63, 3.8) is 0 Å². The molecule has 2 aliphatic heterocycles. The molecule has 1 aromatic rings. The highest BCUT2D eigenvalue weighted by Crippen LogP contribution is 2.43. The molecule has 0 radical (unpaired) electrons. The molecule has 0 N–H and O–H groups in total. The van der Waals surface area contributed by atoms with Gasteiger partial charge in [-0.05, 0) is 37.0 Å². The zero-order valence-corrected chi connectivity index (χ0v) is 13.7. The van der Waals surface area contributed by atoms with Crippen LogP contribution < -0.4 is 0 Å². The fourth-order valence-corrected chi connectivity index (χ4v) is 4.80. The molecule has 106 valence electrons. The van der Waals surface area contributed by atoms with Crippen LogP contribution in [0.25, 0.3) is 0 Å². The normalized spacial score (nSPS) is 23.6. The number of nitrogens with zero attached hydrogens (tertiary/aromatic N) is 1. The number of thiocarbonyl (C=S) groups is 1. The molecule has 0 bridgehead atoms. The molecule has 3 rings (SSSR count). The van der Waals surface area contributed by atoms with Gasteiger partial charge in [0.15, 0.2) is 0 Å². The molecule has 4 heteroatoms. The van der Waals surface area contributed by atoms with E-state index in [0.29, 0.717) is 5.25 Å². The fraction of sp³-hybridized carbons (Fsp3) is 0.438. The lowest BCUT2D eigenvalue weighted by atomic mass is 10.0. The lowest BCUT2D eigenvalue weighted by Crippen LogP contribution is -2.31. The van der Waals surface area contributed by atoms with E-state index in [0.717, 1.165) is 15.6 Å². The van der Waals surface area contributed by atoms with Crippen LogP contribution in [-0.4, -0.2) is 22.2 Å². The molecule has 2 heterocycles. The van der Waals surface area contributed by atoms with E-state index in [2.05, 4.69) is 23.1 Å². The Morgan fingerprint density at radius 3 is 2.65 bits per heavy atom. The van der Waals surface area contributed by atoms with Crippen molar-refractivity contribution >= 4 is 39.8 Å². The van der Waals surface area contributed by atoms with Crippen molar-refractivity contribution in [2.24, 2.45) is 0 Å². The van der Waals surface area contributed by atoms with Crippen LogP contribution in [0.4, 0.5) is 0 Å². The van der Waals surface area contributed by atoms with Gasteiger partial charge in [-0.2, -0.15) is 0 Å². The van der Waals surface area contributed by atoms with Crippen molar-refractivity contribution in [1.29, 1.82) is 0 Å². The van der Waals surface area contributed by atoms with Crippen molar-refractivity contribution in [2.45, 2.75) is 30.9 Å². The molecule has 2 aliphatic rings. The average molecular weight is 324 g/mol. The summed E-state index contributed by atoms with van der Waals surface area (Å²) in [6.07, 6.45) is 7.19. The highest BCUT2D eigenvalue weighted by Gasteiger charge is 2.26. The van der Waals surface area contributed by atoms with Crippen LogP contribution in [0.3, 0.4) is 0 Å². The van der Waals surface area contributed by atoms with Gasteiger partial charge in [0.25, 0.3) is 0 Å². The molecule has 0 aromatic heterocycles. The largest absolute Gasteiger partial charge is 0.375 e. The van der Waals surface area contributed by atoms with Gasteiger partial charge in [0.2, 0.25) is 0 Å². The van der Waals surface area contributed by atoms with Crippen molar-refractivity contribution in [1.82, 2.24) is 4.90 Å². The maximum absolute atomic E-state index is 6.35. The van der Waals surface area contributed by atoms with Gasteiger partial charge in [-0.15, -0.1) is 11.8 Å². The third kappa shape index (κ3) is 3.21. The Morgan fingerprint density at radius 2 is 1.90 bits per heavy atom. The van der Waals surface area contributed by atoms with Gasteiger partial charge in [-0.25, -0.2) is 0 Å². The van der Waals surface area contributed by atoms with E-state index in [-0.39, 0.29) is 0 Å². The average Bonchev–Trinajstić information content (AvgIpc) is 2.48. The Balaban J connectivity index is 1.81. The Hall–Kier alpha value is -0.510. The van der Waals surface area contributed by atoms with E-state index >= 15 is 0 Å². The van der Waals surface area contributed by atoms with E-state index in [9.17, 15) is 0 Å². The third-order valence-electron chi connectivity index (χ3n) is 3.95. The first-order chi connectivity index (χ1) is 9.74. The molecular weight excluding hydrogens is 306 g/mol. The van der Waals surface area contributed by atoms with Gasteiger partial charge >= 0.3 is 0 Å². The molecule has 1 aromatic carbocycles. The van der Waals surface area contributed by atoms with Gasteiger partial charge in [-0.1, -0.05) is 42.0 Å². The summed E-state index contributed by atoms with van der Waals surface area (Å²) in [4.78, 5) is 2.51. The zero-order chi connectivity index (χ0) is 13.9. The van der Waals surface area contributed by atoms with Crippen LogP contribution in [0.15, 0.2) is 36.0 Å². The minimum Gasteiger partial charge on any atom is -0.375 e. The monoisotopic (exact) mass is 323 g/mol. The Morgan fingerprint density at radius 1 is 1.15 bits per heavy atom. The zero-order valence-electron chi connectivity index (χ0n) is 11.3. The molecule has 1 fully saturated rings. The molecule has 1 atom stereocenters. The second-order valence-corrected chi connectivity index (χ2v) is 7.68. The molecular formula is C16H18ClNS2. The highest BCUT2D eigenvalue weighted by atomic mass is 35.5. The van der Waals surface area contributed by atoms with Crippen molar-refractivity contribution < 1.29 is 0 Å². The van der Waals surface area contributed by atoms with Crippen molar-refractivity contribution in [2.75, 3.05) is 13.1 Å². The standard InChI is InChI=1S/C16H18ClNS2/c17-14-7-3-2-6-13(14)15-10-12(11-16(19)20-15)18-8-4-1-5-9-18/h2-3,6-7,11,15H,1,4-5,8-10H2/t15-/m0/s1. The molecule has 1 nitrogen and oxygen atoms in total. The topological polar surface area (TPSA) is 3.24 Å². The highest BCUT2D eigenvalue weighted by molar-refractivity contribution is 8.23. The van der Waals surface area contributed by atoms with Crippen LogP contribution in [-0.2, 0) is 0 Å². The van der Waals surface area contributed by atoms with Crippen molar-refractivity contribution in [3.05, 3.63) is 46.6 Å². The van der Waals surface area contributed by atoms with Crippen LogP contribution in [0.1, 0.15) is 36.5 Å². The summed E-state index contributed by atoms with van der Waals surface area (Å²) < 4.78 is 0.988. The summed E-state index contributed by atoms with van der Waals surface area (Å²) in [5, 5.41) is 1.21. The van der Waals surface area contributed by atoms with E-state index in [1.54, 1.807) is 11.8 Å². The Labute approximate surface area is 135 Å². The minimum absolute atomic E-state index is 0.359. The summed E-state index contributed by atoms with van der Waals surface area (Å²) in [6.45, 7) is 2.35. The predicted octanol–water partition coefficient (Wildman–Crippen LogP) is 5.22. The van der Waals surface area contributed by atoms with Gasteiger partial charge in [-0.3, -0.25) is 0 Å². The number of piperidine rings is 1.